The molecular weight excluding hydrogens is 632 g/mol. The fraction of sp³-hybridized carbons (Fsp3) is 0.594. The summed E-state index contributed by atoms with van der Waals surface area (Å²) in [6.07, 6.45) is 2.54. The van der Waals surface area contributed by atoms with E-state index in [2.05, 4.69) is 16.9 Å². The van der Waals surface area contributed by atoms with Crippen molar-refractivity contribution < 1.29 is 64.1 Å². The number of aliphatic hydroxyl groups is 5. The van der Waals surface area contributed by atoms with E-state index in [1.807, 2.05) is 0 Å². The molecule has 0 spiro atoms. The molecule has 1 saturated carbocycles. The van der Waals surface area contributed by atoms with E-state index >= 15 is 0 Å². The topological polar surface area (TPSA) is 247 Å². The van der Waals surface area contributed by atoms with Crippen LogP contribution in [0.25, 0.3) is 0 Å². The molecule has 16 nitrogen and oxygen atoms in total. The van der Waals surface area contributed by atoms with Crippen LogP contribution >= 0.6 is 0 Å². The van der Waals surface area contributed by atoms with Crippen molar-refractivity contribution in [2.45, 2.75) is 75.2 Å². The molecule has 266 valence electrons. The van der Waals surface area contributed by atoms with Crippen molar-refractivity contribution in [3.63, 3.8) is 0 Å². The molecule has 0 bridgehead atoms. The molecule has 3 aliphatic heterocycles. The Balaban J connectivity index is 1.72. The lowest BCUT2D eigenvalue weighted by Crippen LogP contribution is -3.09. The highest BCUT2D eigenvalue weighted by Gasteiger charge is 2.47. The normalized spacial score (nSPS) is 33.5. The van der Waals surface area contributed by atoms with Gasteiger partial charge in [-0.3, -0.25) is 4.99 Å². The predicted molar refractivity (Wildman–Crippen MR) is 168 cm³/mol. The van der Waals surface area contributed by atoms with Gasteiger partial charge in [-0.25, -0.2) is 9.59 Å². The first kappa shape index (κ1) is 37.2. The summed E-state index contributed by atoms with van der Waals surface area (Å²) in [6.45, 7) is 3.51. The maximum absolute atomic E-state index is 13.6. The number of nitrogens with one attached hydrogen (secondary N) is 2. The van der Waals surface area contributed by atoms with Crippen molar-refractivity contribution in [1.29, 1.82) is 0 Å². The van der Waals surface area contributed by atoms with E-state index in [1.165, 1.54) is 25.6 Å². The lowest BCUT2D eigenvalue weighted by atomic mass is 9.83. The van der Waals surface area contributed by atoms with Crippen molar-refractivity contribution in [2.24, 2.45) is 22.6 Å². The minimum absolute atomic E-state index is 0.0340. The molecule has 3 heterocycles. The van der Waals surface area contributed by atoms with Crippen molar-refractivity contribution in [2.75, 3.05) is 33.4 Å². The number of quaternary nitrogens is 1. The standard InChI is InChI=1S/C32H46N4O12/c1-3-19-20(10-9-17-13-36(11-12-37)14-21(28(42)43)24(17)35-32(33)34-2)22(29(44)46-18-7-5-4-6-8-18)16-45-30(19)48-31-27(41)26(40)25(39)23(15-38)47-31/h3,9-10,14,16,18-20,23,25-27,30-31,37-41H,1,4-8,11-13,15H2,2H3,(H,42,43)(H3,33,34,35)/p+1/b10-9+/t19-,20+,23-,25-,26+,27-,30+,31+/m1/s1. The minimum Gasteiger partial charge on any atom is -0.477 e. The number of nitrogens with zero attached hydrogens (tertiary/aromatic N) is 1. The highest BCUT2D eigenvalue weighted by Crippen LogP contribution is 2.37. The largest absolute Gasteiger partial charge is 0.477 e. The van der Waals surface area contributed by atoms with Crippen LogP contribution in [0.3, 0.4) is 0 Å². The molecule has 2 fully saturated rings. The first-order valence-electron chi connectivity index (χ1n) is 16.0. The molecule has 10 N–H and O–H groups in total. The zero-order chi connectivity index (χ0) is 35.0. The molecule has 0 aromatic heterocycles. The number of aliphatic hydroxyl groups excluding tert-OH is 5. The van der Waals surface area contributed by atoms with Gasteiger partial charge in [-0.2, -0.15) is 0 Å². The quantitative estimate of drug-likeness (QED) is 0.0450. The molecular formula is C32H47N4O12+. The second kappa shape index (κ2) is 17.2. The lowest BCUT2D eigenvalue weighted by molar-refractivity contribution is -0.843. The fourth-order valence-corrected chi connectivity index (χ4v) is 6.20. The second-order valence-corrected chi connectivity index (χ2v) is 12.1. The van der Waals surface area contributed by atoms with Gasteiger partial charge < -0.3 is 65.5 Å². The number of carbonyl (C=O) groups excluding carboxylic acids is 1. The molecule has 1 saturated heterocycles. The first-order chi connectivity index (χ1) is 23.0. The summed E-state index contributed by atoms with van der Waals surface area (Å²) < 4.78 is 23.1. The number of allylic oxidation sites excluding steroid dienone is 1. The molecule has 1 aliphatic carbocycles. The van der Waals surface area contributed by atoms with Gasteiger partial charge in [-0.05, 0) is 25.7 Å². The third kappa shape index (κ3) is 8.69. The van der Waals surface area contributed by atoms with Crippen LogP contribution in [0.2, 0.25) is 0 Å². The maximum Gasteiger partial charge on any atom is 0.343 e. The Hall–Kier alpha value is -3.61. The van der Waals surface area contributed by atoms with Gasteiger partial charge in [0.25, 0.3) is 0 Å². The molecule has 0 radical (unpaired) electrons. The number of ether oxygens (including phenoxy) is 4. The van der Waals surface area contributed by atoms with Gasteiger partial charge in [0, 0.05) is 18.5 Å². The number of rotatable bonds is 12. The number of hydrogen-bond acceptors (Lipinski definition) is 12. The number of aliphatic carboxylic acids is 1. The summed E-state index contributed by atoms with van der Waals surface area (Å²) in [4.78, 5) is 30.4. The molecule has 0 aromatic rings. The van der Waals surface area contributed by atoms with Gasteiger partial charge in [0.2, 0.25) is 6.29 Å². The Morgan fingerprint density at radius 2 is 1.88 bits per heavy atom. The van der Waals surface area contributed by atoms with Crippen LogP contribution in [-0.4, -0.2) is 125 Å². The van der Waals surface area contributed by atoms with Gasteiger partial charge in [0.1, 0.15) is 55.4 Å². The smallest absolute Gasteiger partial charge is 0.343 e. The van der Waals surface area contributed by atoms with Crippen molar-refractivity contribution in [1.82, 2.24) is 5.32 Å². The Kier molecular flexibility index (Phi) is 13.3. The Bertz CT molecular complexity index is 1320. The molecule has 0 aromatic carbocycles. The molecule has 9 atom stereocenters. The zero-order valence-electron chi connectivity index (χ0n) is 26.8. The molecule has 16 heteroatoms. The summed E-state index contributed by atoms with van der Waals surface area (Å²) in [5, 5.41) is 63.2. The third-order valence-electron chi connectivity index (χ3n) is 8.89. The van der Waals surface area contributed by atoms with E-state index in [4.69, 9.17) is 24.7 Å². The van der Waals surface area contributed by atoms with Gasteiger partial charge in [0.05, 0.1) is 36.7 Å². The zero-order valence-corrected chi connectivity index (χ0v) is 26.8. The monoisotopic (exact) mass is 679 g/mol. The van der Waals surface area contributed by atoms with E-state index < -0.39 is 67.4 Å². The molecule has 48 heavy (non-hydrogen) atoms. The highest BCUT2D eigenvalue weighted by molar-refractivity contribution is 5.94. The minimum atomic E-state index is -1.71. The van der Waals surface area contributed by atoms with E-state index in [9.17, 15) is 40.2 Å². The van der Waals surface area contributed by atoms with E-state index in [0.717, 1.165) is 32.1 Å². The van der Waals surface area contributed by atoms with Crippen LogP contribution in [-0.2, 0) is 28.5 Å². The second-order valence-electron chi connectivity index (χ2n) is 12.1. The van der Waals surface area contributed by atoms with E-state index in [0.29, 0.717) is 10.5 Å². The van der Waals surface area contributed by atoms with Gasteiger partial charge in [-0.15, -0.1) is 6.58 Å². The number of carboxylic acids is 1. The number of nitrogens with two attached hydrogens (primary N) is 1. The summed E-state index contributed by atoms with van der Waals surface area (Å²) in [5.74, 6) is -3.54. The van der Waals surface area contributed by atoms with E-state index in [-0.39, 0.29) is 48.6 Å². The number of esters is 1. The molecule has 4 rings (SSSR count). The van der Waals surface area contributed by atoms with Crippen LogP contribution in [0.15, 0.2) is 64.7 Å². The average Bonchev–Trinajstić information content (AvgIpc) is 3.08. The van der Waals surface area contributed by atoms with E-state index in [1.54, 1.807) is 12.2 Å². The van der Waals surface area contributed by atoms with Gasteiger partial charge in [0.15, 0.2) is 12.2 Å². The average molecular weight is 680 g/mol. The maximum atomic E-state index is 13.6. The van der Waals surface area contributed by atoms with Crippen molar-refractivity contribution in [3.8, 4) is 0 Å². The summed E-state index contributed by atoms with van der Waals surface area (Å²) in [5.41, 5.74) is 6.61. The Morgan fingerprint density at radius 1 is 1.15 bits per heavy atom. The van der Waals surface area contributed by atoms with Crippen LogP contribution in [0.4, 0.5) is 0 Å². The van der Waals surface area contributed by atoms with Gasteiger partial charge >= 0.3 is 11.9 Å². The number of carboxylic acid groups (broad SMARTS) is 1. The van der Waals surface area contributed by atoms with Gasteiger partial charge in [-0.1, -0.05) is 24.6 Å². The first-order valence-corrected chi connectivity index (χ1v) is 16.0. The Labute approximate surface area is 278 Å². The highest BCUT2D eigenvalue weighted by atomic mass is 16.8. The molecule has 1 unspecified atom stereocenters. The fourth-order valence-electron chi connectivity index (χ4n) is 6.20. The number of aliphatic imine (C=N–C) groups is 1. The van der Waals surface area contributed by atoms with Crippen molar-refractivity contribution >= 4 is 17.9 Å². The number of guanidine groups is 1. The lowest BCUT2D eigenvalue weighted by Gasteiger charge is -2.42. The number of carbonyl (C=O) groups is 2. The third-order valence-corrected chi connectivity index (χ3v) is 8.89. The summed E-state index contributed by atoms with van der Waals surface area (Å²) in [7, 11) is 1.44. The Morgan fingerprint density at radius 3 is 2.50 bits per heavy atom. The van der Waals surface area contributed by atoms with Crippen molar-refractivity contribution in [3.05, 3.63) is 59.7 Å². The molecule has 4 aliphatic rings. The number of hydrogen-bond donors (Lipinski definition) is 9. The van der Waals surface area contributed by atoms with Crippen LogP contribution in [0.1, 0.15) is 32.1 Å². The SMILES string of the molecule is C=C[C@H]1[C@H](O[C@@H]2O[C@H](CO)[C@@H](O)[C@H](O)[C@H]2O)OC=C(C(=O)OC2CCCCC2)[C@H]1/C=C/C1=C(NC(N)=NC)C(C(=O)O)=C[NH+](CCO)C1. The predicted octanol–water partition coefficient (Wildman–Crippen LogP) is -2.46. The summed E-state index contributed by atoms with van der Waals surface area (Å²) in [6, 6.07) is 0. The molecule has 0 amide bonds. The van der Waals surface area contributed by atoms with Crippen LogP contribution in [0, 0.1) is 11.8 Å². The van der Waals surface area contributed by atoms with Crippen LogP contribution < -0.4 is 16.0 Å². The van der Waals surface area contributed by atoms with Crippen LogP contribution in [0.5, 0.6) is 0 Å². The summed E-state index contributed by atoms with van der Waals surface area (Å²) >= 11 is 0.